The molecule has 1 amide bonds. The standard InChI is InChI=1S/C19H19ClN2O/c1-19(2,3)22(17(13-21)14-7-5-4-6-8-14)18(23)15-9-11-16(20)12-10-15/h4-12,17H,1-3H3. The molecule has 0 aliphatic carbocycles. The van der Waals surface area contributed by atoms with Gasteiger partial charge in [-0.05, 0) is 50.6 Å². The molecular weight excluding hydrogens is 308 g/mol. The topological polar surface area (TPSA) is 44.1 Å². The quantitative estimate of drug-likeness (QED) is 0.809. The Morgan fingerprint density at radius 1 is 1.09 bits per heavy atom. The fourth-order valence-electron chi connectivity index (χ4n) is 2.46. The Bertz CT molecular complexity index is 712. The molecule has 2 rings (SSSR count). The first-order valence-corrected chi connectivity index (χ1v) is 7.76. The Balaban J connectivity index is 2.47. The molecule has 23 heavy (non-hydrogen) atoms. The van der Waals surface area contributed by atoms with Crippen molar-refractivity contribution in [1.82, 2.24) is 4.90 Å². The van der Waals surface area contributed by atoms with Gasteiger partial charge in [0.15, 0.2) is 0 Å². The molecule has 0 heterocycles. The first-order valence-electron chi connectivity index (χ1n) is 7.38. The lowest BCUT2D eigenvalue weighted by Gasteiger charge is -2.39. The fourth-order valence-corrected chi connectivity index (χ4v) is 2.58. The number of rotatable bonds is 3. The van der Waals surface area contributed by atoms with Gasteiger partial charge < -0.3 is 4.90 Å². The van der Waals surface area contributed by atoms with Crippen LogP contribution in [-0.2, 0) is 0 Å². The SMILES string of the molecule is CC(C)(C)N(C(=O)c1ccc(Cl)cc1)C(C#N)c1ccccc1. The minimum atomic E-state index is -0.653. The van der Waals surface area contributed by atoms with Crippen LogP contribution >= 0.6 is 11.6 Å². The first kappa shape index (κ1) is 17.1. The first-order chi connectivity index (χ1) is 10.8. The Kier molecular flexibility index (Phi) is 5.08. The van der Waals surface area contributed by atoms with Crippen LogP contribution in [0.1, 0.15) is 42.7 Å². The molecule has 1 atom stereocenters. The molecule has 3 nitrogen and oxygen atoms in total. The smallest absolute Gasteiger partial charge is 0.255 e. The largest absolute Gasteiger partial charge is 0.314 e. The van der Waals surface area contributed by atoms with Crippen LogP contribution in [0.4, 0.5) is 0 Å². The van der Waals surface area contributed by atoms with Gasteiger partial charge in [-0.3, -0.25) is 4.79 Å². The molecule has 2 aromatic rings. The molecule has 4 heteroatoms. The summed E-state index contributed by atoms with van der Waals surface area (Å²) in [4.78, 5) is 14.6. The van der Waals surface area contributed by atoms with Crippen LogP contribution in [0.5, 0.6) is 0 Å². The van der Waals surface area contributed by atoms with Gasteiger partial charge in [0.2, 0.25) is 0 Å². The number of nitriles is 1. The zero-order valence-corrected chi connectivity index (χ0v) is 14.2. The van der Waals surface area contributed by atoms with Gasteiger partial charge in [0.1, 0.15) is 6.04 Å². The van der Waals surface area contributed by atoms with Crippen LogP contribution < -0.4 is 0 Å². The van der Waals surface area contributed by atoms with Gasteiger partial charge in [-0.15, -0.1) is 0 Å². The zero-order valence-electron chi connectivity index (χ0n) is 13.5. The van der Waals surface area contributed by atoms with Crippen molar-refractivity contribution >= 4 is 17.5 Å². The lowest BCUT2D eigenvalue weighted by molar-refractivity contribution is 0.0509. The minimum absolute atomic E-state index is 0.190. The summed E-state index contributed by atoms with van der Waals surface area (Å²) in [7, 11) is 0. The van der Waals surface area contributed by atoms with Crippen LogP contribution in [0.2, 0.25) is 5.02 Å². The highest BCUT2D eigenvalue weighted by molar-refractivity contribution is 6.30. The molecule has 0 aromatic heterocycles. The molecular formula is C19H19ClN2O. The molecule has 2 aromatic carbocycles. The van der Waals surface area contributed by atoms with Gasteiger partial charge in [0.05, 0.1) is 6.07 Å². The molecule has 0 saturated carbocycles. The number of nitrogens with zero attached hydrogens (tertiary/aromatic N) is 2. The van der Waals surface area contributed by atoms with E-state index in [4.69, 9.17) is 11.6 Å². The maximum atomic E-state index is 13.0. The summed E-state index contributed by atoms with van der Waals surface area (Å²) < 4.78 is 0. The third-order valence-electron chi connectivity index (χ3n) is 3.53. The summed E-state index contributed by atoms with van der Waals surface area (Å²) in [6, 6.07) is 17.7. The van der Waals surface area contributed by atoms with Gasteiger partial charge >= 0.3 is 0 Å². The number of halogens is 1. The maximum Gasteiger partial charge on any atom is 0.255 e. The molecule has 0 bridgehead atoms. The van der Waals surface area contributed by atoms with E-state index < -0.39 is 11.6 Å². The maximum absolute atomic E-state index is 13.0. The van der Waals surface area contributed by atoms with E-state index in [0.29, 0.717) is 10.6 Å². The van der Waals surface area contributed by atoms with E-state index >= 15 is 0 Å². The van der Waals surface area contributed by atoms with E-state index in [1.807, 2.05) is 51.1 Å². The van der Waals surface area contributed by atoms with Crippen molar-refractivity contribution in [3.63, 3.8) is 0 Å². The molecule has 1 unspecified atom stereocenters. The average Bonchev–Trinajstić information content (AvgIpc) is 2.52. The zero-order chi connectivity index (χ0) is 17.0. The van der Waals surface area contributed by atoms with Crippen molar-refractivity contribution < 1.29 is 4.79 Å². The Hall–Kier alpha value is -2.31. The molecule has 0 aliphatic rings. The van der Waals surface area contributed by atoms with Gasteiger partial charge in [-0.25, -0.2) is 0 Å². The number of amides is 1. The van der Waals surface area contributed by atoms with E-state index in [2.05, 4.69) is 6.07 Å². The molecule has 0 fully saturated rings. The number of benzene rings is 2. The number of carbonyl (C=O) groups is 1. The number of hydrogen-bond donors (Lipinski definition) is 0. The van der Waals surface area contributed by atoms with Gasteiger partial charge in [0.25, 0.3) is 5.91 Å². The molecule has 0 aliphatic heterocycles. The third kappa shape index (κ3) is 3.91. The van der Waals surface area contributed by atoms with Crippen LogP contribution in [-0.4, -0.2) is 16.3 Å². The van der Waals surface area contributed by atoms with Gasteiger partial charge in [-0.1, -0.05) is 41.9 Å². The van der Waals surface area contributed by atoms with Crippen molar-refractivity contribution in [2.24, 2.45) is 0 Å². The summed E-state index contributed by atoms with van der Waals surface area (Å²) in [6.07, 6.45) is 0. The highest BCUT2D eigenvalue weighted by Gasteiger charge is 2.34. The Labute approximate surface area is 142 Å². The summed E-state index contributed by atoms with van der Waals surface area (Å²) in [5.74, 6) is -0.190. The second-order valence-corrected chi connectivity index (χ2v) is 6.73. The van der Waals surface area contributed by atoms with Crippen LogP contribution in [0, 0.1) is 11.3 Å². The summed E-state index contributed by atoms with van der Waals surface area (Å²) in [5, 5.41) is 10.3. The summed E-state index contributed by atoms with van der Waals surface area (Å²) >= 11 is 5.89. The lowest BCUT2D eigenvalue weighted by Crippen LogP contribution is -2.47. The van der Waals surface area contributed by atoms with Crippen LogP contribution in [0.15, 0.2) is 54.6 Å². The Morgan fingerprint density at radius 3 is 2.13 bits per heavy atom. The second kappa shape index (κ2) is 6.85. The predicted octanol–water partition coefficient (Wildman–Crippen LogP) is 4.85. The Morgan fingerprint density at radius 2 is 1.65 bits per heavy atom. The highest BCUT2D eigenvalue weighted by atomic mass is 35.5. The average molecular weight is 327 g/mol. The third-order valence-corrected chi connectivity index (χ3v) is 3.78. The van der Waals surface area contributed by atoms with Crippen molar-refractivity contribution in [3.05, 3.63) is 70.7 Å². The van der Waals surface area contributed by atoms with Crippen LogP contribution in [0.3, 0.4) is 0 Å². The summed E-state index contributed by atoms with van der Waals surface area (Å²) in [5.41, 5.74) is 0.806. The van der Waals surface area contributed by atoms with Gasteiger partial charge in [0, 0.05) is 16.1 Å². The molecule has 0 saturated heterocycles. The van der Waals surface area contributed by atoms with Crippen molar-refractivity contribution in [1.29, 1.82) is 5.26 Å². The normalized spacial score (nSPS) is 12.3. The molecule has 118 valence electrons. The van der Waals surface area contributed by atoms with E-state index in [0.717, 1.165) is 5.56 Å². The van der Waals surface area contributed by atoms with Crippen molar-refractivity contribution in [3.8, 4) is 6.07 Å². The van der Waals surface area contributed by atoms with Crippen molar-refractivity contribution in [2.45, 2.75) is 32.4 Å². The van der Waals surface area contributed by atoms with Gasteiger partial charge in [-0.2, -0.15) is 5.26 Å². The molecule has 0 radical (unpaired) electrons. The fraction of sp³-hybridized carbons (Fsp3) is 0.263. The highest BCUT2D eigenvalue weighted by Crippen LogP contribution is 2.30. The summed E-state index contributed by atoms with van der Waals surface area (Å²) in [6.45, 7) is 5.77. The van der Waals surface area contributed by atoms with Crippen LogP contribution in [0.25, 0.3) is 0 Å². The molecule has 0 spiro atoms. The van der Waals surface area contributed by atoms with Crippen molar-refractivity contribution in [2.75, 3.05) is 0 Å². The predicted molar refractivity (Wildman–Crippen MR) is 92.2 cm³/mol. The minimum Gasteiger partial charge on any atom is -0.314 e. The monoisotopic (exact) mass is 326 g/mol. The van der Waals surface area contributed by atoms with E-state index in [-0.39, 0.29) is 5.91 Å². The number of hydrogen-bond acceptors (Lipinski definition) is 2. The van der Waals surface area contributed by atoms with E-state index in [9.17, 15) is 10.1 Å². The second-order valence-electron chi connectivity index (χ2n) is 6.30. The number of carbonyl (C=O) groups excluding carboxylic acids is 1. The molecule has 0 N–H and O–H groups in total. The lowest BCUT2D eigenvalue weighted by atomic mass is 9.97. The van der Waals surface area contributed by atoms with E-state index in [1.165, 1.54) is 0 Å². The van der Waals surface area contributed by atoms with E-state index in [1.54, 1.807) is 29.2 Å².